The molecule has 4 nitrogen and oxygen atoms in total. The summed E-state index contributed by atoms with van der Waals surface area (Å²) in [6.45, 7) is 6.02. The molecule has 3 aromatic rings. The quantitative estimate of drug-likeness (QED) is 0.687. The number of aryl methyl sites for hydroxylation is 1. The Balaban J connectivity index is 1.90. The lowest BCUT2D eigenvalue weighted by Crippen LogP contribution is -2.13. The van der Waals surface area contributed by atoms with Crippen LogP contribution in [0.25, 0.3) is 22.4 Å². The maximum atomic E-state index is 11.9. The Morgan fingerprint density at radius 2 is 2.08 bits per heavy atom. The van der Waals surface area contributed by atoms with E-state index < -0.39 is 0 Å². The Labute approximate surface area is 146 Å². The number of carbonyl (C=O) groups is 1. The van der Waals surface area contributed by atoms with Crippen LogP contribution in [-0.2, 0) is 4.79 Å². The van der Waals surface area contributed by atoms with Crippen LogP contribution in [-0.4, -0.2) is 15.9 Å². The molecule has 0 atom stereocenters. The van der Waals surface area contributed by atoms with Crippen molar-refractivity contribution in [1.82, 2.24) is 9.97 Å². The molecule has 124 valence electrons. The van der Waals surface area contributed by atoms with Crippen LogP contribution in [0.2, 0.25) is 5.02 Å². The molecule has 3 rings (SSSR count). The van der Waals surface area contributed by atoms with E-state index in [1.165, 1.54) is 0 Å². The van der Waals surface area contributed by atoms with Crippen molar-refractivity contribution in [3.63, 3.8) is 0 Å². The van der Waals surface area contributed by atoms with E-state index in [2.05, 4.69) is 15.3 Å². The van der Waals surface area contributed by atoms with Crippen molar-refractivity contribution in [2.45, 2.75) is 27.2 Å². The first-order valence-corrected chi connectivity index (χ1v) is 8.36. The number of aromatic nitrogens is 2. The van der Waals surface area contributed by atoms with Crippen LogP contribution in [0.5, 0.6) is 0 Å². The molecular weight excluding hydrogens is 322 g/mol. The predicted molar refractivity (Wildman–Crippen MR) is 99.4 cm³/mol. The summed E-state index contributed by atoms with van der Waals surface area (Å²) >= 11 is 6.17. The molecule has 2 N–H and O–H groups in total. The van der Waals surface area contributed by atoms with E-state index in [0.29, 0.717) is 17.4 Å². The first-order valence-electron chi connectivity index (χ1n) is 7.98. The van der Waals surface area contributed by atoms with E-state index >= 15 is 0 Å². The van der Waals surface area contributed by atoms with Gasteiger partial charge in [0.05, 0.1) is 11.0 Å². The molecule has 1 heterocycles. The lowest BCUT2D eigenvalue weighted by molar-refractivity contribution is -0.116. The van der Waals surface area contributed by atoms with Gasteiger partial charge in [-0.05, 0) is 42.7 Å². The predicted octanol–water partition coefficient (Wildman–Crippen LogP) is 5.18. The minimum absolute atomic E-state index is 0.0224. The van der Waals surface area contributed by atoms with Crippen LogP contribution in [0.3, 0.4) is 0 Å². The minimum Gasteiger partial charge on any atom is -0.338 e. The van der Waals surface area contributed by atoms with Crippen molar-refractivity contribution < 1.29 is 4.79 Å². The number of hydrogen-bond donors (Lipinski definition) is 2. The van der Waals surface area contributed by atoms with Crippen LogP contribution in [0.1, 0.15) is 25.8 Å². The van der Waals surface area contributed by atoms with Gasteiger partial charge in [-0.2, -0.15) is 0 Å². The molecule has 24 heavy (non-hydrogen) atoms. The Bertz CT molecular complexity index is 860. The van der Waals surface area contributed by atoms with Crippen molar-refractivity contribution in [2.24, 2.45) is 5.92 Å². The third-order valence-electron chi connectivity index (χ3n) is 3.78. The van der Waals surface area contributed by atoms with Crippen LogP contribution in [0.15, 0.2) is 36.4 Å². The Kier molecular flexibility index (Phi) is 4.58. The molecule has 0 unspecified atom stereocenters. The Morgan fingerprint density at radius 3 is 2.83 bits per heavy atom. The van der Waals surface area contributed by atoms with Crippen LogP contribution in [0, 0.1) is 12.8 Å². The smallest absolute Gasteiger partial charge is 0.224 e. The van der Waals surface area contributed by atoms with Crippen molar-refractivity contribution in [3.8, 4) is 11.4 Å². The van der Waals surface area contributed by atoms with E-state index in [-0.39, 0.29) is 5.91 Å². The van der Waals surface area contributed by atoms with Gasteiger partial charge in [0.2, 0.25) is 5.91 Å². The Hall–Kier alpha value is -2.33. The average molecular weight is 342 g/mol. The van der Waals surface area contributed by atoms with Crippen LogP contribution in [0.4, 0.5) is 5.69 Å². The summed E-state index contributed by atoms with van der Waals surface area (Å²) in [4.78, 5) is 19.8. The second-order valence-corrected chi connectivity index (χ2v) is 6.84. The van der Waals surface area contributed by atoms with Gasteiger partial charge < -0.3 is 10.3 Å². The highest BCUT2D eigenvalue weighted by Crippen LogP contribution is 2.26. The topological polar surface area (TPSA) is 57.8 Å². The lowest BCUT2D eigenvalue weighted by Gasteiger charge is -2.08. The summed E-state index contributed by atoms with van der Waals surface area (Å²) in [6.07, 6.45) is 0.507. The zero-order chi connectivity index (χ0) is 17.3. The van der Waals surface area contributed by atoms with Gasteiger partial charge in [0, 0.05) is 22.7 Å². The minimum atomic E-state index is 0.0224. The van der Waals surface area contributed by atoms with Gasteiger partial charge in [0.1, 0.15) is 5.82 Å². The monoisotopic (exact) mass is 341 g/mol. The SMILES string of the molecule is Cc1cc2[nH]c(-c3cccc(NC(=O)CC(C)C)c3)nc2cc1Cl. The van der Waals surface area contributed by atoms with Crippen molar-refractivity contribution in [3.05, 3.63) is 47.0 Å². The van der Waals surface area contributed by atoms with Gasteiger partial charge in [0.15, 0.2) is 0 Å². The van der Waals surface area contributed by atoms with Gasteiger partial charge in [-0.25, -0.2) is 4.98 Å². The molecule has 0 aliphatic carbocycles. The maximum Gasteiger partial charge on any atom is 0.224 e. The maximum absolute atomic E-state index is 11.9. The van der Waals surface area contributed by atoms with Gasteiger partial charge in [0.25, 0.3) is 0 Å². The normalized spacial score (nSPS) is 11.2. The number of imidazole rings is 1. The molecule has 0 aliphatic heterocycles. The number of hydrogen-bond acceptors (Lipinski definition) is 2. The van der Waals surface area contributed by atoms with Crippen molar-refractivity contribution >= 4 is 34.2 Å². The molecule has 0 bridgehead atoms. The molecule has 2 aromatic carbocycles. The number of H-pyrrole nitrogens is 1. The second kappa shape index (κ2) is 6.65. The lowest BCUT2D eigenvalue weighted by atomic mass is 10.1. The van der Waals surface area contributed by atoms with Gasteiger partial charge >= 0.3 is 0 Å². The van der Waals surface area contributed by atoms with E-state index in [0.717, 1.165) is 33.7 Å². The van der Waals surface area contributed by atoms with E-state index in [4.69, 9.17) is 11.6 Å². The summed E-state index contributed by atoms with van der Waals surface area (Å²) in [5.41, 5.74) is 4.47. The summed E-state index contributed by atoms with van der Waals surface area (Å²) in [7, 11) is 0. The summed E-state index contributed by atoms with van der Waals surface area (Å²) in [5, 5.41) is 3.64. The second-order valence-electron chi connectivity index (χ2n) is 6.43. The third kappa shape index (κ3) is 3.60. The molecule has 0 spiro atoms. The molecule has 0 radical (unpaired) electrons. The van der Waals surface area contributed by atoms with E-state index in [1.54, 1.807) is 0 Å². The fraction of sp³-hybridized carbons (Fsp3) is 0.263. The van der Waals surface area contributed by atoms with Crippen LogP contribution >= 0.6 is 11.6 Å². The highest BCUT2D eigenvalue weighted by molar-refractivity contribution is 6.32. The third-order valence-corrected chi connectivity index (χ3v) is 4.18. The number of amides is 1. The van der Waals surface area contributed by atoms with E-state index in [9.17, 15) is 4.79 Å². The number of nitrogens with one attached hydrogen (secondary N) is 2. The molecule has 0 saturated carbocycles. The largest absolute Gasteiger partial charge is 0.338 e. The molecule has 1 aromatic heterocycles. The van der Waals surface area contributed by atoms with Gasteiger partial charge in [-0.1, -0.05) is 37.6 Å². The fourth-order valence-corrected chi connectivity index (χ4v) is 2.76. The number of halogens is 1. The summed E-state index contributed by atoms with van der Waals surface area (Å²) in [6, 6.07) is 11.5. The van der Waals surface area contributed by atoms with E-state index in [1.807, 2.05) is 57.2 Å². The number of anilines is 1. The number of rotatable bonds is 4. The van der Waals surface area contributed by atoms with Crippen molar-refractivity contribution in [2.75, 3.05) is 5.32 Å². The highest BCUT2D eigenvalue weighted by Gasteiger charge is 2.10. The Morgan fingerprint density at radius 1 is 1.29 bits per heavy atom. The zero-order valence-electron chi connectivity index (χ0n) is 14.0. The first-order chi connectivity index (χ1) is 11.4. The van der Waals surface area contributed by atoms with Crippen LogP contribution < -0.4 is 5.32 Å². The highest BCUT2D eigenvalue weighted by atomic mass is 35.5. The summed E-state index contributed by atoms with van der Waals surface area (Å²) < 4.78 is 0. The molecular formula is C19H20ClN3O. The fourth-order valence-electron chi connectivity index (χ4n) is 2.60. The number of aromatic amines is 1. The number of benzene rings is 2. The first kappa shape index (κ1) is 16.5. The van der Waals surface area contributed by atoms with Gasteiger partial charge in [-0.3, -0.25) is 4.79 Å². The summed E-state index contributed by atoms with van der Waals surface area (Å²) in [5.74, 6) is 1.11. The van der Waals surface area contributed by atoms with Gasteiger partial charge in [-0.15, -0.1) is 0 Å². The zero-order valence-corrected chi connectivity index (χ0v) is 14.7. The van der Waals surface area contributed by atoms with Crippen molar-refractivity contribution in [1.29, 1.82) is 0 Å². The average Bonchev–Trinajstić information content (AvgIpc) is 2.90. The molecule has 0 saturated heterocycles. The number of fused-ring (bicyclic) bond motifs is 1. The number of carbonyl (C=O) groups excluding carboxylic acids is 1. The molecule has 0 fully saturated rings. The molecule has 5 heteroatoms. The molecule has 0 aliphatic rings. The molecule has 1 amide bonds. The number of nitrogens with zero attached hydrogens (tertiary/aromatic N) is 1. The standard InChI is InChI=1S/C19H20ClN3O/c1-11(2)7-18(24)21-14-6-4-5-13(9-14)19-22-16-8-12(3)15(20)10-17(16)23-19/h4-6,8-11H,7H2,1-3H3,(H,21,24)(H,22,23).